The van der Waals surface area contributed by atoms with Crippen LogP contribution in [0.2, 0.25) is 0 Å². The van der Waals surface area contributed by atoms with Crippen LogP contribution in [0.3, 0.4) is 0 Å². The van der Waals surface area contributed by atoms with E-state index in [1.54, 1.807) is 44.4 Å². The summed E-state index contributed by atoms with van der Waals surface area (Å²) in [6, 6.07) is 11.5. The third kappa shape index (κ3) is 3.85. The van der Waals surface area contributed by atoms with Crippen molar-refractivity contribution in [2.75, 3.05) is 21.3 Å². The Morgan fingerprint density at radius 3 is 2.41 bits per heavy atom. The lowest BCUT2D eigenvalue weighted by atomic mass is 10.1. The molecule has 0 unspecified atom stereocenters. The molecule has 0 fully saturated rings. The van der Waals surface area contributed by atoms with E-state index in [1.165, 1.54) is 0 Å². The minimum atomic E-state index is 0.391. The standard InChI is InChI=1S/C19H20N4O3S/c1-12-6-5-7-13(8-12)18-21-22-19(27)23(18)20-11-14-9-16(25-3)17(26-4)10-15(14)24-2/h5-11H,1-4H3,(H,22,27)/b20-11+. The highest BCUT2D eigenvalue weighted by Crippen LogP contribution is 2.33. The van der Waals surface area contributed by atoms with Gasteiger partial charge in [-0.1, -0.05) is 23.8 Å². The van der Waals surface area contributed by atoms with Gasteiger partial charge in [0.05, 0.1) is 27.5 Å². The molecule has 27 heavy (non-hydrogen) atoms. The van der Waals surface area contributed by atoms with Crippen molar-refractivity contribution in [3.8, 4) is 28.6 Å². The number of methoxy groups -OCH3 is 3. The summed E-state index contributed by atoms with van der Waals surface area (Å²) in [6.07, 6.45) is 1.64. The molecule has 0 aliphatic carbocycles. The Morgan fingerprint density at radius 1 is 1.04 bits per heavy atom. The zero-order valence-corrected chi connectivity index (χ0v) is 16.3. The molecule has 1 heterocycles. The van der Waals surface area contributed by atoms with Crippen LogP contribution in [0, 0.1) is 11.7 Å². The van der Waals surface area contributed by atoms with Crippen molar-refractivity contribution >= 4 is 18.4 Å². The fourth-order valence-electron chi connectivity index (χ4n) is 2.64. The summed E-state index contributed by atoms with van der Waals surface area (Å²) in [5.74, 6) is 2.38. The molecular weight excluding hydrogens is 364 g/mol. The van der Waals surface area contributed by atoms with Gasteiger partial charge in [-0.15, -0.1) is 0 Å². The summed E-state index contributed by atoms with van der Waals surface area (Å²) in [4.78, 5) is 0. The molecular formula is C19H20N4O3S. The topological polar surface area (TPSA) is 73.7 Å². The van der Waals surface area contributed by atoms with E-state index in [0.29, 0.717) is 33.4 Å². The summed E-state index contributed by atoms with van der Waals surface area (Å²) in [5.41, 5.74) is 2.76. The van der Waals surface area contributed by atoms with Crippen LogP contribution >= 0.6 is 12.2 Å². The smallest absolute Gasteiger partial charge is 0.216 e. The maximum atomic E-state index is 5.43. The van der Waals surface area contributed by atoms with Gasteiger partial charge in [0.2, 0.25) is 4.77 Å². The first-order chi connectivity index (χ1) is 13.1. The molecule has 0 saturated heterocycles. The lowest BCUT2D eigenvalue weighted by molar-refractivity contribution is 0.349. The molecule has 0 spiro atoms. The molecule has 0 atom stereocenters. The first kappa shape index (κ1) is 18.7. The molecule has 7 nitrogen and oxygen atoms in total. The van der Waals surface area contributed by atoms with Crippen LogP contribution < -0.4 is 14.2 Å². The van der Waals surface area contributed by atoms with Crippen LogP contribution in [0.25, 0.3) is 11.4 Å². The van der Waals surface area contributed by atoms with E-state index in [-0.39, 0.29) is 0 Å². The Labute approximate surface area is 162 Å². The molecule has 0 radical (unpaired) electrons. The van der Waals surface area contributed by atoms with Gasteiger partial charge in [0.15, 0.2) is 17.3 Å². The van der Waals surface area contributed by atoms with Crippen molar-refractivity contribution in [1.82, 2.24) is 14.9 Å². The van der Waals surface area contributed by atoms with Crippen molar-refractivity contribution in [3.05, 3.63) is 52.3 Å². The van der Waals surface area contributed by atoms with E-state index < -0.39 is 0 Å². The molecule has 3 aromatic rings. The Hall–Kier alpha value is -3.13. The summed E-state index contributed by atoms with van der Waals surface area (Å²) in [6.45, 7) is 2.02. The number of rotatable bonds is 6. The average molecular weight is 384 g/mol. The Morgan fingerprint density at radius 2 is 1.74 bits per heavy atom. The highest BCUT2D eigenvalue weighted by molar-refractivity contribution is 7.71. The zero-order valence-electron chi connectivity index (χ0n) is 15.5. The van der Waals surface area contributed by atoms with E-state index in [9.17, 15) is 0 Å². The lowest BCUT2D eigenvalue weighted by Gasteiger charge is -2.11. The molecule has 1 N–H and O–H groups in total. The van der Waals surface area contributed by atoms with Crippen molar-refractivity contribution in [2.24, 2.45) is 5.10 Å². The Balaban J connectivity index is 2.05. The fraction of sp³-hybridized carbons (Fsp3) is 0.211. The number of nitrogens with one attached hydrogen (secondary N) is 1. The van der Waals surface area contributed by atoms with Gasteiger partial charge >= 0.3 is 0 Å². The second kappa shape index (κ2) is 8.05. The van der Waals surface area contributed by atoms with Crippen molar-refractivity contribution in [1.29, 1.82) is 0 Å². The van der Waals surface area contributed by atoms with Crippen molar-refractivity contribution in [3.63, 3.8) is 0 Å². The van der Waals surface area contributed by atoms with E-state index in [2.05, 4.69) is 15.3 Å². The van der Waals surface area contributed by atoms with Gasteiger partial charge in [-0.05, 0) is 31.3 Å². The predicted octanol–water partition coefficient (Wildman–Crippen LogP) is 3.82. The number of ether oxygens (including phenoxy) is 3. The van der Waals surface area contributed by atoms with Gasteiger partial charge in [0.1, 0.15) is 5.75 Å². The van der Waals surface area contributed by atoms with Crippen LogP contribution in [0.1, 0.15) is 11.1 Å². The second-order valence-corrected chi connectivity index (χ2v) is 6.11. The molecule has 3 rings (SSSR count). The third-order valence-electron chi connectivity index (χ3n) is 3.97. The summed E-state index contributed by atoms with van der Waals surface area (Å²) in [5, 5.41) is 11.6. The van der Waals surface area contributed by atoms with Crippen LogP contribution in [0.15, 0.2) is 41.5 Å². The van der Waals surface area contributed by atoms with Gasteiger partial charge in [-0.3, -0.25) is 0 Å². The molecule has 8 heteroatoms. The Kier molecular flexibility index (Phi) is 5.56. The normalized spacial score (nSPS) is 11.0. The first-order valence-electron chi connectivity index (χ1n) is 8.16. The van der Waals surface area contributed by atoms with E-state index in [4.69, 9.17) is 26.4 Å². The van der Waals surface area contributed by atoms with Gasteiger partial charge in [0.25, 0.3) is 0 Å². The monoisotopic (exact) mass is 384 g/mol. The summed E-state index contributed by atoms with van der Waals surface area (Å²) in [7, 11) is 4.73. The molecule has 0 aliphatic heterocycles. The molecule has 0 saturated carbocycles. The fourth-order valence-corrected chi connectivity index (χ4v) is 2.82. The Bertz CT molecular complexity index is 1040. The maximum Gasteiger partial charge on any atom is 0.216 e. The predicted molar refractivity (Wildman–Crippen MR) is 107 cm³/mol. The number of aryl methyl sites for hydroxylation is 1. The lowest BCUT2D eigenvalue weighted by Crippen LogP contribution is -1.99. The van der Waals surface area contributed by atoms with Crippen LogP contribution in [0.4, 0.5) is 0 Å². The summed E-state index contributed by atoms with van der Waals surface area (Å²) >= 11 is 5.33. The number of aromatic nitrogens is 3. The molecule has 2 aromatic carbocycles. The SMILES string of the molecule is COc1cc(OC)c(OC)cc1/C=N/n1c(-c2cccc(C)c2)n[nH]c1=S. The zero-order chi connectivity index (χ0) is 19.4. The quantitative estimate of drug-likeness (QED) is 0.517. The van der Waals surface area contributed by atoms with Crippen molar-refractivity contribution in [2.45, 2.75) is 6.92 Å². The second-order valence-electron chi connectivity index (χ2n) is 5.73. The van der Waals surface area contributed by atoms with E-state index in [0.717, 1.165) is 11.1 Å². The van der Waals surface area contributed by atoms with Gasteiger partial charge in [-0.25, -0.2) is 5.10 Å². The van der Waals surface area contributed by atoms with Crippen LogP contribution in [0.5, 0.6) is 17.2 Å². The van der Waals surface area contributed by atoms with E-state index >= 15 is 0 Å². The number of hydrogen-bond acceptors (Lipinski definition) is 6. The van der Waals surface area contributed by atoms with Crippen LogP contribution in [-0.2, 0) is 0 Å². The molecule has 0 amide bonds. The number of aromatic amines is 1. The number of hydrogen-bond donors (Lipinski definition) is 1. The maximum absolute atomic E-state index is 5.43. The third-order valence-corrected chi connectivity index (χ3v) is 4.24. The minimum absolute atomic E-state index is 0.391. The highest BCUT2D eigenvalue weighted by atomic mass is 32.1. The largest absolute Gasteiger partial charge is 0.496 e. The number of nitrogens with zero attached hydrogens (tertiary/aromatic N) is 3. The van der Waals surface area contributed by atoms with Gasteiger partial charge < -0.3 is 14.2 Å². The highest BCUT2D eigenvalue weighted by Gasteiger charge is 2.12. The molecule has 140 valence electrons. The van der Waals surface area contributed by atoms with Crippen molar-refractivity contribution < 1.29 is 14.2 Å². The molecule has 0 aliphatic rings. The van der Waals surface area contributed by atoms with E-state index in [1.807, 2.05) is 31.2 Å². The average Bonchev–Trinajstić information content (AvgIpc) is 3.06. The van der Waals surface area contributed by atoms with Crippen LogP contribution in [-0.4, -0.2) is 42.4 Å². The molecule has 0 bridgehead atoms. The van der Waals surface area contributed by atoms with Gasteiger partial charge in [0, 0.05) is 17.2 Å². The number of H-pyrrole nitrogens is 1. The first-order valence-corrected chi connectivity index (χ1v) is 8.57. The minimum Gasteiger partial charge on any atom is -0.496 e. The number of benzene rings is 2. The molecule has 1 aromatic heterocycles. The van der Waals surface area contributed by atoms with Gasteiger partial charge in [-0.2, -0.15) is 14.9 Å². The summed E-state index contributed by atoms with van der Waals surface area (Å²) < 4.78 is 18.1.